The quantitative estimate of drug-likeness (QED) is 0.169. The molecule has 4 aromatic carbocycles. The number of methoxy groups -OCH3 is 1. The highest BCUT2D eigenvalue weighted by Gasteiger charge is 2.35. The van der Waals surface area contributed by atoms with Crippen molar-refractivity contribution in [3.05, 3.63) is 125 Å². The number of hydrogen-bond acceptors (Lipinski definition) is 5. The number of rotatable bonds is 14. The Morgan fingerprint density at radius 2 is 1.50 bits per heavy atom. The molecule has 0 aliphatic rings. The van der Waals surface area contributed by atoms with Crippen LogP contribution in [0.2, 0.25) is 5.02 Å². The Kier molecular flexibility index (Phi) is 11.8. The number of ether oxygens (including phenoxy) is 1. The normalized spacial score (nSPS) is 12.5. The number of amides is 2. The van der Waals surface area contributed by atoms with E-state index in [4.69, 9.17) is 16.3 Å². The van der Waals surface area contributed by atoms with Crippen molar-refractivity contribution in [3.8, 4) is 5.75 Å². The molecular formula is C36H40ClN3O5S. The van der Waals surface area contributed by atoms with Crippen LogP contribution in [0.15, 0.2) is 108 Å². The molecule has 242 valence electrons. The smallest absolute Gasteiger partial charge is 0.264 e. The summed E-state index contributed by atoms with van der Waals surface area (Å²) < 4.78 is 34.7. The standard InChI is InChI=1S/C36H40ClN3O5S/c1-5-27(3)38-36(42)33(22-28-12-8-6-9-13-28)39(24-29-14-10-7-11-15-29)35(41)25-40(30-18-21-34(45-4)32(37)23-30)46(43,44)31-19-16-26(2)17-20-31/h6-21,23,27,33H,5,22,24-25H2,1-4H3,(H,38,42). The minimum Gasteiger partial charge on any atom is -0.495 e. The summed E-state index contributed by atoms with van der Waals surface area (Å²) in [6.45, 7) is 5.25. The maximum Gasteiger partial charge on any atom is 0.264 e. The van der Waals surface area contributed by atoms with Crippen LogP contribution in [0.1, 0.15) is 37.0 Å². The molecule has 8 nitrogen and oxygen atoms in total. The van der Waals surface area contributed by atoms with Gasteiger partial charge in [-0.1, -0.05) is 96.9 Å². The highest BCUT2D eigenvalue weighted by molar-refractivity contribution is 7.92. The van der Waals surface area contributed by atoms with Crippen LogP contribution in [0.3, 0.4) is 0 Å². The van der Waals surface area contributed by atoms with Gasteiger partial charge >= 0.3 is 0 Å². The van der Waals surface area contributed by atoms with Gasteiger partial charge in [-0.3, -0.25) is 13.9 Å². The van der Waals surface area contributed by atoms with E-state index in [1.54, 1.807) is 24.3 Å². The Labute approximate surface area is 277 Å². The molecule has 2 atom stereocenters. The van der Waals surface area contributed by atoms with Crippen molar-refractivity contribution in [1.82, 2.24) is 10.2 Å². The van der Waals surface area contributed by atoms with Gasteiger partial charge in [0.25, 0.3) is 10.0 Å². The Morgan fingerprint density at radius 1 is 0.891 bits per heavy atom. The molecule has 0 aliphatic heterocycles. The topological polar surface area (TPSA) is 96.0 Å². The summed E-state index contributed by atoms with van der Waals surface area (Å²) >= 11 is 6.45. The van der Waals surface area contributed by atoms with Crippen LogP contribution >= 0.6 is 11.6 Å². The van der Waals surface area contributed by atoms with Crippen LogP contribution < -0.4 is 14.4 Å². The number of nitrogens with one attached hydrogen (secondary N) is 1. The number of carbonyl (C=O) groups is 2. The van der Waals surface area contributed by atoms with Crippen molar-refractivity contribution in [3.63, 3.8) is 0 Å². The van der Waals surface area contributed by atoms with Crippen LogP contribution in [-0.2, 0) is 32.6 Å². The molecule has 0 spiro atoms. The third kappa shape index (κ3) is 8.68. The van der Waals surface area contributed by atoms with E-state index in [9.17, 15) is 18.0 Å². The molecule has 1 N–H and O–H groups in total. The van der Waals surface area contributed by atoms with Gasteiger partial charge in [-0.25, -0.2) is 8.42 Å². The van der Waals surface area contributed by atoms with Crippen LogP contribution in [-0.4, -0.2) is 50.9 Å². The molecule has 0 fully saturated rings. The molecule has 0 aliphatic carbocycles. The predicted octanol–water partition coefficient (Wildman–Crippen LogP) is 6.41. The second kappa shape index (κ2) is 15.8. The average Bonchev–Trinajstić information content (AvgIpc) is 3.06. The van der Waals surface area contributed by atoms with Gasteiger partial charge in [0, 0.05) is 19.0 Å². The van der Waals surface area contributed by atoms with Gasteiger partial charge < -0.3 is 15.0 Å². The monoisotopic (exact) mass is 661 g/mol. The van der Waals surface area contributed by atoms with Gasteiger partial charge in [0.1, 0.15) is 18.3 Å². The molecule has 0 aromatic heterocycles. The number of benzene rings is 4. The maximum absolute atomic E-state index is 14.5. The Morgan fingerprint density at radius 3 is 2.07 bits per heavy atom. The predicted molar refractivity (Wildman–Crippen MR) is 183 cm³/mol. The molecule has 4 aromatic rings. The van der Waals surface area contributed by atoms with E-state index >= 15 is 0 Å². The summed E-state index contributed by atoms with van der Waals surface area (Å²) in [5.74, 6) is -0.505. The molecule has 4 rings (SSSR count). The van der Waals surface area contributed by atoms with Crippen LogP contribution in [0.25, 0.3) is 0 Å². The van der Waals surface area contributed by atoms with Crippen LogP contribution in [0.4, 0.5) is 5.69 Å². The summed E-state index contributed by atoms with van der Waals surface area (Å²) in [7, 11) is -2.79. The summed E-state index contributed by atoms with van der Waals surface area (Å²) in [6.07, 6.45) is 0.942. The van der Waals surface area contributed by atoms with Gasteiger partial charge in [0.15, 0.2) is 0 Å². The number of nitrogens with zero attached hydrogens (tertiary/aromatic N) is 2. The molecule has 2 unspecified atom stereocenters. The van der Waals surface area contributed by atoms with Crippen molar-refractivity contribution in [1.29, 1.82) is 0 Å². The number of anilines is 1. The zero-order valence-electron chi connectivity index (χ0n) is 26.5. The third-order valence-electron chi connectivity index (χ3n) is 7.78. The van der Waals surface area contributed by atoms with Crippen LogP contribution in [0, 0.1) is 6.92 Å². The molecular weight excluding hydrogens is 622 g/mol. The lowest BCUT2D eigenvalue weighted by Crippen LogP contribution is -2.54. The van der Waals surface area contributed by atoms with Gasteiger partial charge in [0.2, 0.25) is 11.8 Å². The van der Waals surface area contributed by atoms with Crippen molar-refractivity contribution >= 4 is 39.1 Å². The number of carbonyl (C=O) groups excluding carboxylic acids is 2. The summed E-state index contributed by atoms with van der Waals surface area (Å²) in [4.78, 5) is 29.9. The minimum atomic E-state index is -4.25. The first-order valence-corrected chi connectivity index (χ1v) is 17.0. The minimum absolute atomic E-state index is 0.0165. The van der Waals surface area contributed by atoms with Gasteiger partial charge in [-0.2, -0.15) is 0 Å². The number of aryl methyl sites for hydroxylation is 1. The SMILES string of the molecule is CCC(C)NC(=O)C(Cc1ccccc1)N(Cc1ccccc1)C(=O)CN(c1ccc(OC)c(Cl)c1)S(=O)(=O)c1ccc(C)cc1. The largest absolute Gasteiger partial charge is 0.495 e. The molecule has 0 radical (unpaired) electrons. The van der Waals surface area contributed by atoms with Gasteiger partial charge in [-0.05, 0) is 61.7 Å². The van der Waals surface area contributed by atoms with Gasteiger partial charge in [-0.15, -0.1) is 0 Å². The van der Waals surface area contributed by atoms with Crippen molar-refractivity contribution in [2.75, 3.05) is 18.0 Å². The Bertz CT molecular complexity index is 1720. The molecule has 46 heavy (non-hydrogen) atoms. The van der Waals surface area contributed by atoms with Crippen LogP contribution in [0.5, 0.6) is 5.75 Å². The van der Waals surface area contributed by atoms with E-state index in [1.165, 1.54) is 30.2 Å². The van der Waals surface area contributed by atoms with E-state index in [1.807, 2.05) is 81.4 Å². The highest BCUT2D eigenvalue weighted by atomic mass is 35.5. The molecule has 0 bridgehead atoms. The fourth-order valence-corrected chi connectivity index (χ4v) is 6.61. The first-order chi connectivity index (χ1) is 22.0. The van der Waals surface area contributed by atoms with Crippen molar-refractivity contribution in [2.45, 2.75) is 57.1 Å². The second-order valence-corrected chi connectivity index (χ2v) is 13.4. The van der Waals surface area contributed by atoms with E-state index in [0.717, 1.165) is 21.0 Å². The lowest BCUT2D eigenvalue weighted by molar-refractivity contribution is -0.140. The zero-order chi connectivity index (χ0) is 33.3. The lowest BCUT2D eigenvalue weighted by atomic mass is 10.0. The lowest BCUT2D eigenvalue weighted by Gasteiger charge is -2.34. The summed E-state index contributed by atoms with van der Waals surface area (Å²) in [5, 5.41) is 3.23. The number of sulfonamides is 1. The number of hydrogen-bond donors (Lipinski definition) is 1. The fraction of sp³-hybridized carbons (Fsp3) is 0.278. The third-order valence-corrected chi connectivity index (χ3v) is 9.86. The van der Waals surface area contributed by atoms with Gasteiger partial charge in [0.05, 0.1) is 22.7 Å². The molecule has 10 heteroatoms. The zero-order valence-corrected chi connectivity index (χ0v) is 28.1. The van der Waals surface area contributed by atoms with Crippen molar-refractivity contribution < 1.29 is 22.7 Å². The first-order valence-electron chi connectivity index (χ1n) is 15.1. The second-order valence-electron chi connectivity index (χ2n) is 11.2. The first kappa shape index (κ1) is 34.5. The molecule has 0 saturated carbocycles. The van der Waals surface area contributed by atoms with E-state index in [-0.39, 0.29) is 40.5 Å². The summed E-state index contributed by atoms with van der Waals surface area (Å²) in [6, 6.07) is 28.7. The molecule has 0 heterocycles. The Hall–Kier alpha value is -4.34. The average molecular weight is 662 g/mol. The summed E-state index contributed by atoms with van der Waals surface area (Å²) in [5.41, 5.74) is 2.73. The maximum atomic E-state index is 14.5. The van der Waals surface area contributed by atoms with Crippen molar-refractivity contribution in [2.24, 2.45) is 0 Å². The van der Waals surface area contributed by atoms with E-state index in [2.05, 4.69) is 5.32 Å². The number of halogens is 1. The van der Waals surface area contributed by atoms with E-state index in [0.29, 0.717) is 12.2 Å². The molecule has 2 amide bonds. The van der Waals surface area contributed by atoms with E-state index < -0.39 is 28.5 Å². The highest BCUT2D eigenvalue weighted by Crippen LogP contribution is 2.32. The fourth-order valence-electron chi connectivity index (χ4n) is 4.95. The molecule has 0 saturated heterocycles. The Balaban J connectivity index is 1.82.